The molecule has 0 unspecified atom stereocenters. The molecule has 1 amide bonds. The fraction of sp³-hybridized carbons (Fsp3) is 0.227. The van der Waals surface area contributed by atoms with Gasteiger partial charge in [0.15, 0.2) is 0 Å². The first kappa shape index (κ1) is 18.6. The molecule has 3 aromatic rings. The van der Waals surface area contributed by atoms with Gasteiger partial charge in [-0.25, -0.2) is 9.97 Å². The van der Waals surface area contributed by atoms with E-state index in [-0.39, 0.29) is 11.3 Å². The minimum atomic E-state index is -0.253. The lowest BCUT2D eigenvalue weighted by Crippen LogP contribution is -2.20. The van der Waals surface area contributed by atoms with Crippen LogP contribution in [0.15, 0.2) is 66.9 Å². The molecular formula is C22H24N4O. The molecule has 1 aromatic heterocycles. The van der Waals surface area contributed by atoms with Gasteiger partial charge in [-0.1, -0.05) is 69.3 Å². The zero-order valence-corrected chi connectivity index (χ0v) is 15.9. The molecule has 5 nitrogen and oxygen atoms in total. The second kappa shape index (κ2) is 7.99. The standard InChI is InChI=1S/C22H24N4O/c1-22(2,3)17-11-7-8-12-18(17)25-20(27)19-13-14-23-21(26-19)24-15-16-9-5-4-6-10-16/h4-14H,15H2,1-3H3,(H,25,27)(H,23,24,26). The Morgan fingerprint density at radius 3 is 2.41 bits per heavy atom. The van der Waals surface area contributed by atoms with Gasteiger partial charge in [0.2, 0.25) is 5.95 Å². The van der Waals surface area contributed by atoms with Gasteiger partial charge in [-0.3, -0.25) is 4.79 Å². The van der Waals surface area contributed by atoms with Crippen molar-refractivity contribution in [2.24, 2.45) is 0 Å². The van der Waals surface area contributed by atoms with Crippen molar-refractivity contribution in [2.45, 2.75) is 32.7 Å². The van der Waals surface area contributed by atoms with Crippen molar-refractivity contribution >= 4 is 17.5 Å². The summed E-state index contributed by atoms with van der Waals surface area (Å²) >= 11 is 0. The van der Waals surface area contributed by atoms with Crippen LogP contribution in [0.1, 0.15) is 42.4 Å². The lowest BCUT2D eigenvalue weighted by Gasteiger charge is -2.22. The molecule has 0 aliphatic carbocycles. The van der Waals surface area contributed by atoms with E-state index < -0.39 is 0 Å². The Balaban J connectivity index is 1.73. The summed E-state index contributed by atoms with van der Waals surface area (Å²) in [6.07, 6.45) is 1.59. The molecule has 138 valence electrons. The van der Waals surface area contributed by atoms with E-state index in [1.165, 1.54) is 0 Å². The first-order valence-corrected chi connectivity index (χ1v) is 8.95. The van der Waals surface area contributed by atoms with Gasteiger partial charge in [0, 0.05) is 18.4 Å². The van der Waals surface area contributed by atoms with Crippen LogP contribution in [-0.4, -0.2) is 15.9 Å². The maximum atomic E-state index is 12.7. The van der Waals surface area contributed by atoms with E-state index in [4.69, 9.17) is 0 Å². The number of benzene rings is 2. The molecule has 0 fully saturated rings. The topological polar surface area (TPSA) is 66.9 Å². The average molecular weight is 360 g/mol. The number of carbonyl (C=O) groups is 1. The fourth-order valence-corrected chi connectivity index (χ4v) is 2.78. The van der Waals surface area contributed by atoms with Crippen LogP contribution in [0.5, 0.6) is 0 Å². The SMILES string of the molecule is CC(C)(C)c1ccccc1NC(=O)c1ccnc(NCc2ccccc2)n1. The molecule has 0 atom stereocenters. The quantitative estimate of drug-likeness (QED) is 0.696. The lowest BCUT2D eigenvalue weighted by atomic mass is 9.86. The van der Waals surface area contributed by atoms with Crippen molar-refractivity contribution in [1.82, 2.24) is 9.97 Å². The number of amides is 1. The van der Waals surface area contributed by atoms with Gasteiger partial charge < -0.3 is 10.6 Å². The number of carbonyl (C=O) groups excluding carboxylic acids is 1. The van der Waals surface area contributed by atoms with Gasteiger partial charge in [-0.2, -0.15) is 0 Å². The minimum absolute atomic E-state index is 0.0715. The van der Waals surface area contributed by atoms with Gasteiger partial charge in [-0.05, 0) is 28.7 Å². The van der Waals surface area contributed by atoms with Crippen molar-refractivity contribution < 1.29 is 4.79 Å². The van der Waals surface area contributed by atoms with Gasteiger partial charge in [0.25, 0.3) is 5.91 Å². The van der Waals surface area contributed by atoms with Crippen LogP contribution in [-0.2, 0) is 12.0 Å². The zero-order chi connectivity index (χ0) is 19.3. The summed E-state index contributed by atoms with van der Waals surface area (Å²) in [5, 5.41) is 6.13. The van der Waals surface area contributed by atoms with E-state index in [2.05, 4.69) is 41.4 Å². The molecule has 0 saturated carbocycles. The molecule has 27 heavy (non-hydrogen) atoms. The van der Waals surface area contributed by atoms with Crippen molar-refractivity contribution in [3.8, 4) is 0 Å². The van der Waals surface area contributed by atoms with Crippen LogP contribution >= 0.6 is 0 Å². The number of hydrogen-bond acceptors (Lipinski definition) is 4. The molecule has 0 spiro atoms. The summed E-state index contributed by atoms with van der Waals surface area (Å²) in [7, 11) is 0. The highest BCUT2D eigenvalue weighted by Gasteiger charge is 2.19. The third-order valence-electron chi connectivity index (χ3n) is 4.16. The smallest absolute Gasteiger partial charge is 0.274 e. The summed E-state index contributed by atoms with van der Waals surface area (Å²) in [4.78, 5) is 21.2. The Morgan fingerprint density at radius 1 is 0.963 bits per heavy atom. The second-order valence-corrected chi connectivity index (χ2v) is 7.35. The normalized spacial score (nSPS) is 11.1. The van der Waals surface area contributed by atoms with Crippen molar-refractivity contribution in [2.75, 3.05) is 10.6 Å². The predicted octanol–water partition coefficient (Wildman–Crippen LogP) is 4.64. The maximum Gasteiger partial charge on any atom is 0.274 e. The third kappa shape index (κ3) is 4.91. The highest BCUT2D eigenvalue weighted by molar-refractivity contribution is 6.03. The van der Waals surface area contributed by atoms with Crippen LogP contribution < -0.4 is 10.6 Å². The summed E-state index contributed by atoms with van der Waals surface area (Å²) < 4.78 is 0. The third-order valence-corrected chi connectivity index (χ3v) is 4.16. The molecule has 0 bridgehead atoms. The highest BCUT2D eigenvalue weighted by atomic mass is 16.1. The van der Waals surface area contributed by atoms with Gasteiger partial charge in [0.05, 0.1) is 0 Å². The summed E-state index contributed by atoms with van der Waals surface area (Å²) in [5.41, 5.74) is 3.25. The lowest BCUT2D eigenvalue weighted by molar-refractivity contribution is 0.102. The molecular weight excluding hydrogens is 336 g/mol. The monoisotopic (exact) mass is 360 g/mol. The molecule has 1 heterocycles. The van der Waals surface area contributed by atoms with E-state index in [0.717, 1.165) is 16.8 Å². The predicted molar refractivity (Wildman–Crippen MR) is 109 cm³/mol. The van der Waals surface area contributed by atoms with Gasteiger partial charge in [-0.15, -0.1) is 0 Å². The van der Waals surface area contributed by atoms with Gasteiger partial charge in [0.1, 0.15) is 5.69 Å². The van der Waals surface area contributed by atoms with Crippen LogP contribution in [0, 0.1) is 0 Å². The number of hydrogen-bond donors (Lipinski definition) is 2. The van der Waals surface area contributed by atoms with E-state index in [1.807, 2.05) is 54.6 Å². The van der Waals surface area contributed by atoms with E-state index in [0.29, 0.717) is 18.2 Å². The Bertz CT molecular complexity index is 917. The van der Waals surface area contributed by atoms with Crippen molar-refractivity contribution in [3.63, 3.8) is 0 Å². The van der Waals surface area contributed by atoms with E-state index in [1.54, 1.807) is 12.3 Å². The Kier molecular flexibility index (Phi) is 5.50. The largest absolute Gasteiger partial charge is 0.350 e. The number of aromatic nitrogens is 2. The Morgan fingerprint density at radius 2 is 1.67 bits per heavy atom. The van der Waals surface area contributed by atoms with Crippen molar-refractivity contribution in [1.29, 1.82) is 0 Å². The summed E-state index contributed by atoms with van der Waals surface area (Å²) in [6, 6.07) is 19.4. The van der Waals surface area contributed by atoms with Crippen LogP contribution in [0.25, 0.3) is 0 Å². The minimum Gasteiger partial charge on any atom is -0.350 e. The van der Waals surface area contributed by atoms with Crippen LogP contribution in [0.3, 0.4) is 0 Å². The Hall–Kier alpha value is -3.21. The molecule has 0 aliphatic rings. The molecule has 0 aliphatic heterocycles. The second-order valence-electron chi connectivity index (χ2n) is 7.35. The molecule has 5 heteroatoms. The molecule has 0 saturated heterocycles. The summed E-state index contributed by atoms with van der Waals surface area (Å²) in [5.74, 6) is 0.174. The molecule has 2 aromatic carbocycles. The summed E-state index contributed by atoms with van der Waals surface area (Å²) in [6.45, 7) is 6.95. The van der Waals surface area contributed by atoms with E-state index in [9.17, 15) is 4.79 Å². The highest BCUT2D eigenvalue weighted by Crippen LogP contribution is 2.29. The Labute approximate surface area is 159 Å². The first-order valence-electron chi connectivity index (χ1n) is 8.95. The van der Waals surface area contributed by atoms with Gasteiger partial charge >= 0.3 is 0 Å². The number of para-hydroxylation sites is 1. The number of rotatable bonds is 5. The first-order chi connectivity index (χ1) is 12.9. The van der Waals surface area contributed by atoms with Crippen LogP contribution in [0.2, 0.25) is 0 Å². The van der Waals surface area contributed by atoms with Crippen LogP contribution in [0.4, 0.5) is 11.6 Å². The molecule has 2 N–H and O–H groups in total. The van der Waals surface area contributed by atoms with Crippen molar-refractivity contribution in [3.05, 3.63) is 83.7 Å². The number of nitrogens with one attached hydrogen (secondary N) is 2. The zero-order valence-electron chi connectivity index (χ0n) is 15.9. The number of nitrogens with zero attached hydrogens (tertiary/aromatic N) is 2. The molecule has 3 rings (SSSR count). The number of anilines is 2. The fourth-order valence-electron chi connectivity index (χ4n) is 2.78. The maximum absolute atomic E-state index is 12.7. The van der Waals surface area contributed by atoms with E-state index >= 15 is 0 Å². The molecule has 0 radical (unpaired) electrons. The average Bonchev–Trinajstić information content (AvgIpc) is 2.67.